The number of aliphatic hydroxyl groups is 1. The van der Waals surface area contributed by atoms with Crippen molar-refractivity contribution in [3.05, 3.63) is 0 Å². The molecule has 0 aromatic heterocycles. The molecular weight excluding hydrogens is 303 g/mol. The van der Waals surface area contributed by atoms with Crippen LogP contribution in [-0.2, 0) is 0 Å². The van der Waals surface area contributed by atoms with Crippen LogP contribution in [0.25, 0.3) is 0 Å². The zero-order valence-corrected chi connectivity index (χ0v) is 14.9. The molecule has 0 amide bonds. The number of rotatable bonds is 9. The molecular formula is C14H33OSn. The van der Waals surface area contributed by atoms with Crippen molar-refractivity contribution in [1.29, 1.82) is 0 Å². The first-order valence-electron chi connectivity index (χ1n) is 7.21. The van der Waals surface area contributed by atoms with E-state index in [9.17, 15) is 0 Å². The van der Waals surface area contributed by atoms with E-state index in [-0.39, 0.29) is 6.61 Å². The van der Waals surface area contributed by atoms with Crippen molar-refractivity contribution in [2.75, 3.05) is 6.61 Å². The van der Waals surface area contributed by atoms with E-state index in [1.165, 1.54) is 38.5 Å². The van der Waals surface area contributed by atoms with Gasteiger partial charge in [-0.15, -0.1) is 0 Å². The predicted molar refractivity (Wildman–Crippen MR) is 77.7 cm³/mol. The monoisotopic (exact) mass is 337 g/mol. The largest absolute Gasteiger partial charge is 0.397 e. The Balaban J connectivity index is 0. The molecule has 0 heterocycles. The van der Waals surface area contributed by atoms with Crippen molar-refractivity contribution >= 4 is 19.8 Å². The zero-order chi connectivity index (χ0) is 12.6. The minimum absolute atomic E-state index is 0.250. The van der Waals surface area contributed by atoms with Crippen LogP contribution in [0.1, 0.15) is 66.2 Å². The summed E-state index contributed by atoms with van der Waals surface area (Å²) < 4.78 is 5.04. The molecule has 0 unspecified atom stereocenters. The van der Waals surface area contributed by atoms with E-state index >= 15 is 0 Å². The van der Waals surface area contributed by atoms with Crippen molar-refractivity contribution in [1.82, 2.24) is 0 Å². The van der Waals surface area contributed by atoms with Crippen LogP contribution in [0.5, 0.6) is 0 Å². The van der Waals surface area contributed by atoms with Gasteiger partial charge in [-0.25, -0.2) is 0 Å². The molecule has 0 bridgehead atoms. The Labute approximate surface area is 111 Å². The third-order valence-electron chi connectivity index (χ3n) is 2.65. The van der Waals surface area contributed by atoms with E-state index in [4.69, 9.17) is 5.11 Å². The molecule has 0 saturated heterocycles. The maximum Gasteiger partial charge on any atom is 0.0402 e. The molecule has 0 aliphatic carbocycles. The normalized spacial score (nSPS) is 10.1. The summed E-state index contributed by atoms with van der Waals surface area (Å²) in [5.74, 6) is 0. The summed E-state index contributed by atoms with van der Waals surface area (Å²) in [5, 5.41) is 7.57. The van der Waals surface area contributed by atoms with Crippen LogP contribution in [0.4, 0.5) is 0 Å². The summed E-state index contributed by atoms with van der Waals surface area (Å²) in [6, 6.07) is 0. The van der Waals surface area contributed by atoms with Gasteiger partial charge >= 0.3 is 92.4 Å². The Hall–Kier alpha value is 0.759. The quantitative estimate of drug-likeness (QED) is 0.595. The Morgan fingerprint density at radius 2 is 0.938 bits per heavy atom. The molecule has 1 N–H and O–H groups in total. The van der Waals surface area contributed by atoms with Gasteiger partial charge in [0.1, 0.15) is 0 Å². The first-order chi connectivity index (χ1) is 7.76. The van der Waals surface area contributed by atoms with Gasteiger partial charge in [0.2, 0.25) is 0 Å². The van der Waals surface area contributed by atoms with Crippen LogP contribution in [0, 0.1) is 0 Å². The Kier molecular flexibility index (Phi) is 21.7. The van der Waals surface area contributed by atoms with Crippen LogP contribution in [0.15, 0.2) is 0 Å². The van der Waals surface area contributed by atoms with E-state index in [0.717, 1.165) is 0 Å². The molecule has 0 aliphatic heterocycles. The molecule has 1 radical (unpaired) electrons. The zero-order valence-electron chi connectivity index (χ0n) is 12.0. The van der Waals surface area contributed by atoms with E-state index in [2.05, 4.69) is 20.8 Å². The minimum atomic E-state index is -0.839. The molecule has 0 aromatic carbocycles. The van der Waals surface area contributed by atoms with E-state index in [1.54, 1.807) is 20.2 Å². The van der Waals surface area contributed by atoms with E-state index in [1.807, 2.05) is 0 Å². The molecule has 0 fully saturated rings. The average Bonchev–Trinajstić information content (AvgIpc) is 2.29. The second kappa shape index (κ2) is 18.1. The Morgan fingerprint density at radius 1 is 0.688 bits per heavy atom. The predicted octanol–water partition coefficient (Wildman–Crippen LogP) is 4.88. The van der Waals surface area contributed by atoms with E-state index < -0.39 is 19.8 Å². The van der Waals surface area contributed by atoms with Crippen LogP contribution in [0.3, 0.4) is 0 Å². The Morgan fingerprint density at radius 3 is 1.12 bits per heavy atom. The topological polar surface area (TPSA) is 20.2 Å². The van der Waals surface area contributed by atoms with Crippen LogP contribution in [0.2, 0.25) is 13.3 Å². The first-order valence-corrected chi connectivity index (χ1v) is 13.3. The minimum Gasteiger partial charge on any atom is -0.397 e. The van der Waals surface area contributed by atoms with Crippen molar-refractivity contribution < 1.29 is 5.11 Å². The summed E-state index contributed by atoms with van der Waals surface area (Å²) in [7, 11) is 0. The van der Waals surface area contributed by atoms with Gasteiger partial charge in [-0.05, 0) is 6.92 Å². The van der Waals surface area contributed by atoms with Gasteiger partial charge < -0.3 is 5.11 Å². The molecule has 0 aromatic rings. The molecule has 99 valence electrons. The van der Waals surface area contributed by atoms with Gasteiger partial charge in [0.15, 0.2) is 0 Å². The summed E-state index contributed by atoms with van der Waals surface area (Å²) in [6.45, 7) is 8.93. The van der Waals surface area contributed by atoms with Gasteiger partial charge in [0.05, 0.1) is 0 Å². The molecule has 0 rings (SSSR count). The van der Waals surface area contributed by atoms with Gasteiger partial charge in [0.25, 0.3) is 0 Å². The van der Waals surface area contributed by atoms with Crippen molar-refractivity contribution in [3.8, 4) is 0 Å². The number of hydrogen-bond acceptors (Lipinski definition) is 1. The standard InChI is InChI=1S/3C4H9.C2H6O.Sn/c3*1-3-4-2;1-2-3;/h3*1,3-4H2,2H3;3H,2H2,1H3;. The van der Waals surface area contributed by atoms with E-state index in [0.29, 0.717) is 0 Å². The maximum atomic E-state index is 7.57. The fourth-order valence-electron chi connectivity index (χ4n) is 1.66. The molecule has 16 heavy (non-hydrogen) atoms. The van der Waals surface area contributed by atoms with Gasteiger partial charge in [-0.2, -0.15) is 0 Å². The number of hydrogen-bond donors (Lipinski definition) is 1. The number of aliphatic hydroxyl groups excluding tert-OH is 1. The SMILES string of the molecule is CCC[CH2][Sn]([CH2]CCC)[CH2]CCC.CCO. The van der Waals surface area contributed by atoms with Crippen molar-refractivity contribution in [3.63, 3.8) is 0 Å². The third kappa shape index (κ3) is 17.2. The summed E-state index contributed by atoms with van der Waals surface area (Å²) in [5.41, 5.74) is 0. The second-order valence-corrected chi connectivity index (χ2v) is 12.9. The van der Waals surface area contributed by atoms with Crippen molar-refractivity contribution in [2.24, 2.45) is 0 Å². The second-order valence-electron chi connectivity index (χ2n) is 4.38. The van der Waals surface area contributed by atoms with Crippen LogP contribution in [-0.4, -0.2) is 31.5 Å². The fourth-order valence-corrected chi connectivity index (χ4v) is 11.1. The summed E-state index contributed by atoms with van der Waals surface area (Å²) in [4.78, 5) is 0. The molecule has 0 aliphatic rings. The van der Waals surface area contributed by atoms with Gasteiger partial charge in [0, 0.05) is 6.61 Å². The molecule has 0 spiro atoms. The molecule has 0 atom stereocenters. The van der Waals surface area contributed by atoms with Crippen molar-refractivity contribution in [2.45, 2.75) is 79.5 Å². The van der Waals surface area contributed by atoms with Gasteiger partial charge in [-0.3, -0.25) is 0 Å². The smallest absolute Gasteiger partial charge is 0.0402 e. The maximum absolute atomic E-state index is 7.57. The Bertz CT molecular complexity index is 87.9. The first kappa shape index (κ1) is 19.1. The van der Waals surface area contributed by atoms with Gasteiger partial charge in [-0.1, -0.05) is 0 Å². The summed E-state index contributed by atoms with van der Waals surface area (Å²) in [6.07, 6.45) is 8.85. The third-order valence-corrected chi connectivity index (χ3v) is 11.7. The van der Waals surface area contributed by atoms with Crippen LogP contribution < -0.4 is 0 Å². The average molecular weight is 336 g/mol. The molecule has 0 saturated carbocycles. The number of unbranched alkanes of at least 4 members (excludes halogenated alkanes) is 3. The fraction of sp³-hybridized carbons (Fsp3) is 1.00. The van der Waals surface area contributed by atoms with Crippen LogP contribution >= 0.6 is 0 Å². The molecule has 1 nitrogen and oxygen atoms in total. The summed E-state index contributed by atoms with van der Waals surface area (Å²) >= 11 is -0.839. The molecule has 2 heteroatoms.